The van der Waals surface area contributed by atoms with E-state index in [0.717, 1.165) is 6.07 Å². The Morgan fingerprint density at radius 2 is 2.21 bits per heavy atom. The number of nitrogen functional groups attached to an aromatic ring is 1. The number of rotatable bonds is 2. The minimum Gasteiger partial charge on any atom is -0.432 e. The molecule has 0 fully saturated rings. The lowest BCUT2D eigenvalue weighted by Gasteiger charge is -2.03. The fourth-order valence-corrected chi connectivity index (χ4v) is 0.957. The van der Waals surface area contributed by atoms with Crippen LogP contribution in [0.5, 0.6) is 5.75 Å². The molecule has 14 heavy (non-hydrogen) atoms. The summed E-state index contributed by atoms with van der Waals surface area (Å²) in [6.45, 7) is 0. The molecule has 1 aromatic carbocycles. The lowest BCUT2D eigenvalue weighted by Crippen LogP contribution is -2.15. The quantitative estimate of drug-likeness (QED) is 0.326. The normalized spacial score (nSPS) is 9.43. The van der Waals surface area contributed by atoms with E-state index in [1.807, 2.05) is 0 Å². The zero-order valence-electron chi connectivity index (χ0n) is 6.97. The Morgan fingerprint density at radius 1 is 1.57 bits per heavy atom. The van der Waals surface area contributed by atoms with Crippen molar-refractivity contribution in [3.8, 4) is 5.75 Å². The summed E-state index contributed by atoms with van der Waals surface area (Å²) in [5.41, 5.74) is 10.3. The van der Waals surface area contributed by atoms with Gasteiger partial charge >= 0.3 is 0 Å². The van der Waals surface area contributed by atoms with Crippen LogP contribution in [0.3, 0.4) is 0 Å². The fraction of sp³-hybridized carbons (Fsp3) is 0. The molecule has 0 aromatic heterocycles. The van der Waals surface area contributed by atoms with Gasteiger partial charge in [-0.1, -0.05) is 0 Å². The molecule has 74 valence electrons. The molecule has 0 amide bonds. The highest BCUT2D eigenvalue weighted by Crippen LogP contribution is 2.26. The van der Waals surface area contributed by atoms with Gasteiger partial charge in [0.2, 0.25) is 0 Å². The van der Waals surface area contributed by atoms with Gasteiger partial charge in [-0.25, -0.2) is 0 Å². The van der Waals surface area contributed by atoms with E-state index in [-0.39, 0.29) is 22.3 Å². The SMILES string of the molecule is NC(=S)Oc1ccc(N)c([N+](=O)[O-])c1. The number of hydrogen-bond acceptors (Lipinski definition) is 5. The van der Waals surface area contributed by atoms with Crippen molar-refractivity contribution in [1.82, 2.24) is 0 Å². The van der Waals surface area contributed by atoms with Gasteiger partial charge in [-0.15, -0.1) is 0 Å². The summed E-state index contributed by atoms with van der Waals surface area (Å²) in [6.07, 6.45) is 0. The van der Waals surface area contributed by atoms with Crippen LogP contribution in [0.1, 0.15) is 0 Å². The van der Waals surface area contributed by atoms with Gasteiger partial charge in [0.25, 0.3) is 10.9 Å². The van der Waals surface area contributed by atoms with Crippen molar-refractivity contribution in [3.05, 3.63) is 28.3 Å². The molecule has 0 saturated carbocycles. The number of benzene rings is 1. The van der Waals surface area contributed by atoms with Crippen LogP contribution in [0, 0.1) is 10.1 Å². The monoisotopic (exact) mass is 213 g/mol. The van der Waals surface area contributed by atoms with Crippen molar-refractivity contribution < 1.29 is 9.66 Å². The van der Waals surface area contributed by atoms with E-state index in [4.69, 9.17) is 16.2 Å². The Bertz CT molecular complexity index is 394. The average molecular weight is 213 g/mol. The Labute approximate surface area is 84.6 Å². The fourth-order valence-electron chi connectivity index (χ4n) is 0.861. The van der Waals surface area contributed by atoms with Crippen LogP contribution in [0.4, 0.5) is 11.4 Å². The first kappa shape index (κ1) is 10.2. The first-order valence-electron chi connectivity index (χ1n) is 3.52. The first-order chi connectivity index (χ1) is 6.50. The Kier molecular flexibility index (Phi) is 2.82. The topological polar surface area (TPSA) is 104 Å². The molecule has 0 atom stereocenters. The second kappa shape index (κ2) is 3.88. The standard InChI is InChI=1S/C7H7N3O3S/c8-5-2-1-4(13-7(9)14)3-6(5)10(11)12/h1-3H,8H2,(H2,9,14). The second-order valence-electron chi connectivity index (χ2n) is 2.40. The molecule has 0 aliphatic heterocycles. The van der Waals surface area contributed by atoms with Crippen LogP contribution >= 0.6 is 12.2 Å². The molecule has 0 bridgehead atoms. The molecule has 6 nitrogen and oxygen atoms in total. The molecule has 7 heteroatoms. The molecule has 1 aromatic rings. The van der Waals surface area contributed by atoms with Crippen LogP contribution in [-0.2, 0) is 0 Å². The number of thiocarbonyl (C=S) groups is 1. The average Bonchev–Trinajstić information content (AvgIpc) is 2.07. The third-order valence-corrected chi connectivity index (χ3v) is 1.50. The van der Waals surface area contributed by atoms with Crippen molar-refractivity contribution in [1.29, 1.82) is 0 Å². The smallest absolute Gasteiger partial charge is 0.295 e. The highest BCUT2D eigenvalue weighted by molar-refractivity contribution is 7.80. The largest absolute Gasteiger partial charge is 0.432 e. The number of ether oxygens (including phenoxy) is 1. The molecule has 0 saturated heterocycles. The number of anilines is 1. The summed E-state index contributed by atoms with van der Waals surface area (Å²) in [6, 6.07) is 3.96. The summed E-state index contributed by atoms with van der Waals surface area (Å²) >= 11 is 4.47. The van der Waals surface area contributed by atoms with Crippen LogP contribution in [0.25, 0.3) is 0 Å². The lowest BCUT2D eigenvalue weighted by molar-refractivity contribution is -0.383. The van der Waals surface area contributed by atoms with Gasteiger partial charge in [-0.2, -0.15) is 0 Å². The van der Waals surface area contributed by atoms with Gasteiger partial charge < -0.3 is 16.2 Å². The third-order valence-electron chi connectivity index (χ3n) is 1.42. The van der Waals surface area contributed by atoms with Gasteiger partial charge in [0.1, 0.15) is 11.4 Å². The predicted octanol–water partition coefficient (Wildman–Crippen LogP) is 0.799. The zero-order valence-corrected chi connectivity index (χ0v) is 7.78. The highest BCUT2D eigenvalue weighted by Gasteiger charge is 2.12. The van der Waals surface area contributed by atoms with E-state index >= 15 is 0 Å². The molecular weight excluding hydrogens is 206 g/mol. The summed E-state index contributed by atoms with van der Waals surface area (Å²) in [5.74, 6) is 0.193. The third kappa shape index (κ3) is 2.30. The molecule has 0 unspecified atom stereocenters. The maximum atomic E-state index is 10.5. The Hall–Kier alpha value is -1.89. The molecule has 0 spiro atoms. The molecule has 1 rings (SSSR count). The Morgan fingerprint density at radius 3 is 2.71 bits per heavy atom. The zero-order chi connectivity index (χ0) is 10.7. The van der Waals surface area contributed by atoms with Gasteiger partial charge in [-0.05, 0) is 24.4 Å². The maximum absolute atomic E-state index is 10.5. The number of hydrogen-bond donors (Lipinski definition) is 2. The van der Waals surface area contributed by atoms with E-state index in [1.54, 1.807) is 0 Å². The van der Waals surface area contributed by atoms with Crippen molar-refractivity contribution in [2.24, 2.45) is 5.73 Å². The molecular formula is C7H7N3O3S. The van der Waals surface area contributed by atoms with Crippen LogP contribution in [0.2, 0.25) is 0 Å². The number of nitro benzene ring substituents is 1. The minimum atomic E-state index is -0.609. The lowest BCUT2D eigenvalue weighted by atomic mass is 10.2. The minimum absolute atomic E-state index is 0.0605. The van der Waals surface area contributed by atoms with E-state index in [0.29, 0.717) is 0 Å². The number of nitrogens with two attached hydrogens (primary N) is 2. The summed E-state index contributed by atoms with van der Waals surface area (Å²) < 4.78 is 4.81. The van der Waals surface area contributed by atoms with E-state index in [9.17, 15) is 10.1 Å². The molecule has 4 N–H and O–H groups in total. The molecule has 0 heterocycles. The van der Waals surface area contributed by atoms with Crippen LogP contribution < -0.4 is 16.2 Å². The van der Waals surface area contributed by atoms with E-state index < -0.39 is 4.92 Å². The first-order valence-corrected chi connectivity index (χ1v) is 3.92. The van der Waals surface area contributed by atoms with Gasteiger partial charge in [-0.3, -0.25) is 10.1 Å². The van der Waals surface area contributed by atoms with Crippen molar-refractivity contribution in [2.75, 3.05) is 5.73 Å². The van der Waals surface area contributed by atoms with Gasteiger partial charge in [0.15, 0.2) is 0 Å². The molecule has 0 aliphatic rings. The highest BCUT2D eigenvalue weighted by atomic mass is 32.1. The van der Waals surface area contributed by atoms with E-state index in [2.05, 4.69) is 12.2 Å². The maximum Gasteiger partial charge on any atom is 0.295 e. The summed E-state index contributed by atoms with van der Waals surface area (Å²) in [7, 11) is 0. The molecule has 0 aliphatic carbocycles. The van der Waals surface area contributed by atoms with E-state index in [1.165, 1.54) is 12.1 Å². The van der Waals surface area contributed by atoms with Crippen LogP contribution in [-0.4, -0.2) is 10.1 Å². The van der Waals surface area contributed by atoms with Crippen molar-refractivity contribution in [2.45, 2.75) is 0 Å². The second-order valence-corrected chi connectivity index (χ2v) is 2.80. The number of nitrogens with zero attached hydrogens (tertiary/aromatic N) is 1. The van der Waals surface area contributed by atoms with Crippen molar-refractivity contribution in [3.63, 3.8) is 0 Å². The number of nitro groups is 1. The molecule has 0 radical (unpaired) electrons. The van der Waals surface area contributed by atoms with Gasteiger partial charge in [0.05, 0.1) is 11.0 Å². The Balaban J connectivity index is 3.06. The summed E-state index contributed by atoms with van der Waals surface area (Å²) in [4.78, 5) is 9.86. The summed E-state index contributed by atoms with van der Waals surface area (Å²) in [5, 5.41) is 10.3. The van der Waals surface area contributed by atoms with Crippen molar-refractivity contribution >= 4 is 28.8 Å². The predicted molar refractivity (Wildman–Crippen MR) is 54.9 cm³/mol. The van der Waals surface area contributed by atoms with Crippen LogP contribution in [0.15, 0.2) is 18.2 Å². The van der Waals surface area contributed by atoms with Gasteiger partial charge in [0, 0.05) is 0 Å².